The summed E-state index contributed by atoms with van der Waals surface area (Å²) < 4.78 is 0. The van der Waals surface area contributed by atoms with E-state index in [1.807, 2.05) is 11.8 Å². The first-order valence-corrected chi connectivity index (χ1v) is 5.31. The molecule has 1 aliphatic carbocycles. The summed E-state index contributed by atoms with van der Waals surface area (Å²) in [6.45, 7) is 0. The van der Waals surface area contributed by atoms with Crippen molar-refractivity contribution in [2.45, 2.75) is 12.5 Å². The lowest BCUT2D eigenvalue weighted by Crippen LogP contribution is -2.39. The quantitative estimate of drug-likeness (QED) is 0.596. The minimum Gasteiger partial charge on any atom is -0.300 e. The molecule has 0 aromatic carbocycles. The lowest BCUT2D eigenvalue weighted by molar-refractivity contribution is 0.707. The van der Waals surface area contributed by atoms with Crippen LogP contribution in [0.5, 0.6) is 0 Å². The second kappa shape index (κ2) is 2.82. The van der Waals surface area contributed by atoms with Gasteiger partial charge >= 0.3 is 0 Å². The molecule has 2 aliphatic rings. The van der Waals surface area contributed by atoms with E-state index in [0.29, 0.717) is 6.04 Å². The van der Waals surface area contributed by atoms with Crippen LogP contribution in [0.15, 0.2) is 12.4 Å². The standard InChI is InChI=1S/C9H9N3S/c1-2-7-9(13-5-12-7)8-6(1)10-3-4-11-8/h1,3-4,7,12H,2,5H2. The topological polar surface area (TPSA) is 37.8 Å². The minimum atomic E-state index is 0.495. The fourth-order valence-corrected chi connectivity index (χ4v) is 2.87. The fourth-order valence-electron chi connectivity index (χ4n) is 1.75. The Morgan fingerprint density at radius 3 is 3.31 bits per heavy atom. The Labute approximate surface area is 80.0 Å². The van der Waals surface area contributed by atoms with Gasteiger partial charge in [0.1, 0.15) is 0 Å². The molecule has 0 saturated carbocycles. The molecule has 0 spiro atoms. The van der Waals surface area contributed by atoms with Gasteiger partial charge in [-0.05, 0) is 6.42 Å². The first-order valence-electron chi connectivity index (χ1n) is 4.33. The van der Waals surface area contributed by atoms with Crippen molar-refractivity contribution < 1.29 is 0 Å². The number of thioether (sulfide) groups is 1. The van der Waals surface area contributed by atoms with Gasteiger partial charge in [-0.2, -0.15) is 0 Å². The lowest BCUT2D eigenvalue weighted by atomic mass is 10.1. The second-order valence-corrected chi connectivity index (χ2v) is 4.16. The molecule has 0 bridgehead atoms. The van der Waals surface area contributed by atoms with Gasteiger partial charge < -0.3 is 0 Å². The van der Waals surface area contributed by atoms with Crippen LogP contribution in [-0.4, -0.2) is 21.9 Å². The van der Waals surface area contributed by atoms with E-state index in [9.17, 15) is 0 Å². The van der Waals surface area contributed by atoms with Crippen molar-refractivity contribution in [3.8, 4) is 0 Å². The Morgan fingerprint density at radius 1 is 1.38 bits per heavy atom. The SMILES string of the molecule is C1=c2nccnc2=C2SCNC2C1. The van der Waals surface area contributed by atoms with E-state index in [-0.39, 0.29) is 0 Å². The molecule has 1 unspecified atom stereocenters. The van der Waals surface area contributed by atoms with Crippen molar-refractivity contribution in [3.63, 3.8) is 0 Å². The molecule has 4 heteroatoms. The molecule has 1 aliphatic heterocycles. The summed E-state index contributed by atoms with van der Waals surface area (Å²) in [5.74, 6) is 1.00. The average molecular weight is 191 g/mol. The Kier molecular flexibility index (Phi) is 1.63. The molecule has 0 amide bonds. The van der Waals surface area contributed by atoms with Crippen LogP contribution in [0.4, 0.5) is 0 Å². The molecular weight excluding hydrogens is 182 g/mol. The van der Waals surface area contributed by atoms with Crippen molar-refractivity contribution in [1.82, 2.24) is 15.3 Å². The van der Waals surface area contributed by atoms with Gasteiger partial charge in [0.25, 0.3) is 0 Å². The van der Waals surface area contributed by atoms with Crippen LogP contribution in [0.2, 0.25) is 0 Å². The Morgan fingerprint density at radius 2 is 2.31 bits per heavy atom. The highest BCUT2D eigenvalue weighted by atomic mass is 32.2. The molecule has 13 heavy (non-hydrogen) atoms. The van der Waals surface area contributed by atoms with Crippen LogP contribution >= 0.6 is 11.8 Å². The molecule has 1 N–H and O–H groups in total. The number of nitrogens with one attached hydrogen (secondary N) is 1. The van der Waals surface area contributed by atoms with Gasteiger partial charge in [0, 0.05) is 29.2 Å². The normalized spacial score (nSPS) is 24.9. The van der Waals surface area contributed by atoms with Crippen LogP contribution in [0.1, 0.15) is 6.42 Å². The summed E-state index contributed by atoms with van der Waals surface area (Å²) in [5.41, 5.74) is 0. The first kappa shape index (κ1) is 7.53. The molecule has 1 saturated heterocycles. The van der Waals surface area contributed by atoms with Gasteiger partial charge in [-0.1, -0.05) is 6.08 Å². The van der Waals surface area contributed by atoms with Gasteiger partial charge in [0.15, 0.2) is 0 Å². The van der Waals surface area contributed by atoms with Crippen LogP contribution in [0, 0.1) is 0 Å². The number of hydrogen-bond donors (Lipinski definition) is 1. The summed E-state index contributed by atoms with van der Waals surface area (Å²) in [4.78, 5) is 10.0. The van der Waals surface area contributed by atoms with Gasteiger partial charge in [-0.3, -0.25) is 15.3 Å². The fraction of sp³-hybridized carbons (Fsp3) is 0.333. The summed E-state index contributed by atoms with van der Waals surface area (Å²) in [6, 6.07) is 0.495. The molecule has 0 radical (unpaired) electrons. The molecule has 3 nitrogen and oxygen atoms in total. The van der Waals surface area contributed by atoms with Gasteiger partial charge in [0.2, 0.25) is 0 Å². The molecule has 1 aromatic heterocycles. The number of rotatable bonds is 0. The minimum absolute atomic E-state index is 0.495. The maximum atomic E-state index is 4.37. The number of hydrogen-bond acceptors (Lipinski definition) is 4. The van der Waals surface area contributed by atoms with E-state index < -0.39 is 0 Å². The number of nitrogens with zero attached hydrogens (tertiary/aromatic N) is 2. The molecule has 3 rings (SSSR count). The van der Waals surface area contributed by atoms with E-state index in [1.165, 1.54) is 4.91 Å². The molecule has 1 atom stereocenters. The van der Waals surface area contributed by atoms with Gasteiger partial charge in [-0.25, -0.2) is 0 Å². The largest absolute Gasteiger partial charge is 0.300 e. The lowest BCUT2D eigenvalue weighted by Gasteiger charge is -2.11. The zero-order valence-corrected chi connectivity index (χ0v) is 7.84. The van der Waals surface area contributed by atoms with Crippen molar-refractivity contribution in [2.75, 3.05) is 5.88 Å². The summed E-state index contributed by atoms with van der Waals surface area (Å²) in [6.07, 6.45) is 6.73. The molecule has 66 valence electrons. The molecular formula is C9H9N3S. The molecule has 2 heterocycles. The zero-order valence-electron chi connectivity index (χ0n) is 7.03. The third-order valence-corrected chi connectivity index (χ3v) is 3.48. The third kappa shape index (κ3) is 1.09. The molecule has 1 aromatic rings. The predicted octanol–water partition coefficient (Wildman–Crippen LogP) is -0.569. The average Bonchev–Trinajstić information content (AvgIpc) is 2.65. The van der Waals surface area contributed by atoms with Crippen LogP contribution < -0.4 is 16.0 Å². The van der Waals surface area contributed by atoms with Gasteiger partial charge in [0.05, 0.1) is 10.7 Å². The Hall–Kier alpha value is -0.870. The summed E-state index contributed by atoms with van der Waals surface area (Å²) >= 11 is 1.85. The van der Waals surface area contributed by atoms with Crippen molar-refractivity contribution >= 4 is 22.7 Å². The van der Waals surface area contributed by atoms with Crippen molar-refractivity contribution in [3.05, 3.63) is 23.1 Å². The van der Waals surface area contributed by atoms with Crippen LogP contribution in [0.3, 0.4) is 0 Å². The van der Waals surface area contributed by atoms with Crippen LogP contribution in [0.25, 0.3) is 11.0 Å². The number of aromatic nitrogens is 2. The maximum absolute atomic E-state index is 4.37. The third-order valence-electron chi connectivity index (χ3n) is 2.38. The highest BCUT2D eigenvalue weighted by Gasteiger charge is 2.23. The molecule has 1 fully saturated rings. The summed E-state index contributed by atoms with van der Waals surface area (Å²) in [5, 5.41) is 5.55. The van der Waals surface area contributed by atoms with Crippen molar-refractivity contribution in [1.29, 1.82) is 0 Å². The Bertz CT molecular complexity index is 454. The number of fused-ring (bicyclic) bond motifs is 2. The van der Waals surface area contributed by atoms with E-state index in [4.69, 9.17) is 0 Å². The second-order valence-electron chi connectivity index (χ2n) is 3.14. The van der Waals surface area contributed by atoms with E-state index >= 15 is 0 Å². The highest BCUT2D eigenvalue weighted by molar-refractivity contribution is 8.08. The van der Waals surface area contributed by atoms with Crippen molar-refractivity contribution in [2.24, 2.45) is 0 Å². The summed E-state index contributed by atoms with van der Waals surface area (Å²) in [7, 11) is 0. The van der Waals surface area contributed by atoms with Crippen LogP contribution in [-0.2, 0) is 0 Å². The predicted molar refractivity (Wildman–Crippen MR) is 53.2 cm³/mol. The smallest absolute Gasteiger partial charge is 0.0994 e. The monoisotopic (exact) mass is 191 g/mol. The zero-order chi connectivity index (χ0) is 8.67. The van der Waals surface area contributed by atoms with E-state index in [2.05, 4.69) is 21.4 Å². The Balaban J connectivity index is 2.38. The highest BCUT2D eigenvalue weighted by Crippen LogP contribution is 2.27. The maximum Gasteiger partial charge on any atom is 0.0994 e. The van der Waals surface area contributed by atoms with E-state index in [1.54, 1.807) is 12.4 Å². The first-order chi connectivity index (χ1) is 6.45. The van der Waals surface area contributed by atoms with E-state index in [0.717, 1.165) is 23.0 Å². The van der Waals surface area contributed by atoms with Gasteiger partial charge in [-0.15, -0.1) is 11.8 Å².